The van der Waals surface area contributed by atoms with Crippen molar-refractivity contribution in [1.29, 1.82) is 0 Å². The van der Waals surface area contributed by atoms with Gasteiger partial charge in [-0.3, -0.25) is 0 Å². The molecule has 0 aliphatic heterocycles. The van der Waals surface area contributed by atoms with Gasteiger partial charge in [0.25, 0.3) is 0 Å². The third kappa shape index (κ3) is 3.01. The Morgan fingerprint density at radius 1 is 1.36 bits per heavy atom. The van der Waals surface area contributed by atoms with Crippen LogP contribution in [0.2, 0.25) is 0 Å². The van der Waals surface area contributed by atoms with Crippen LogP contribution in [0.25, 0.3) is 0 Å². The SMILES string of the molecule is CS(=O)(=O)c1ccccc1SCCO. The molecule has 0 saturated carbocycles. The maximum Gasteiger partial charge on any atom is 0.176 e. The standard InChI is InChI=1S/C9H12O3S2/c1-14(11,12)9-5-3-2-4-8(9)13-7-6-10/h2-5,10H,6-7H2,1H3. The summed E-state index contributed by atoms with van der Waals surface area (Å²) in [6, 6.07) is 6.81. The van der Waals surface area contributed by atoms with Crippen molar-refractivity contribution in [3.63, 3.8) is 0 Å². The molecule has 14 heavy (non-hydrogen) atoms. The highest BCUT2D eigenvalue weighted by atomic mass is 32.2. The summed E-state index contributed by atoms with van der Waals surface area (Å²) in [5.74, 6) is 0.506. The van der Waals surface area contributed by atoms with Gasteiger partial charge in [0.15, 0.2) is 9.84 Å². The van der Waals surface area contributed by atoms with Gasteiger partial charge in [-0.2, -0.15) is 0 Å². The largest absolute Gasteiger partial charge is 0.396 e. The lowest BCUT2D eigenvalue weighted by Gasteiger charge is -2.05. The van der Waals surface area contributed by atoms with Crippen LogP contribution in [0.1, 0.15) is 0 Å². The molecule has 0 unspecified atom stereocenters. The van der Waals surface area contributed by atoms with Crippen LogP contribution in [-0.2, 0) is 9.84 Å². The molecule has 0 atom stereocenters. The fourth-order valence-corrected chi connectivity index (χ4v) is 3.12. The van der Waals surface area contributed by atoms with Gasteiger partial charge < -0.3 is 5.11 Å². The second-order valence-corrected chi connectivity index (χ2v) is 5.91. The molecule has 1 aromatic carbocycles. The van der Waals surface area contributed by atoms with Crippen molar-refractivity contribution >= 4 is 21.6 Å². The van der Waals surface area contributed by atoms with Crippen molar-refractivity contribution in [2.45, 2.75) is 9.79 Å². The lowest BCUT2D eigenvalue weighted by atomic mass is 10.4. The Morgan fingerprint density at radius 2 is 2.00 bits per heavy atom. The average molecular weight is 232 g/mol. The van der Waals surface area contributed by atoms with Crippen LogP contribution in [0, 0.1) is 0 Å². The molecule has 0 aliphatic rings. The molecule has 1 rings (SSSR count). The van der Waals surface area contributed by atoms with Crippen LogP contribution >= 0.6 is 11.8 Å². The number of rotatable bonds is 4. The van der Waals surface area contributed by atoms with Gasteiger partial charge in [-0.25, -0.2) is 8.42 Å². The fraction of sp³-hybridized carbons (Fsp3) is 0.333. The summed E-state index contributed by atoms with van der Waals surface area (Å²) in [7, 11) is -3.17. The predicted octanol–water partition coefficient (Wildman–Crippen LogP) is 1.17. The van der Waals surface area contributed by atoms with E-state index in [-0.39, 0.29) is 6.61 Å². The summed E-state index contributed by atoms with van der Waals surface area (Å²) in [6.07, 6.45) is 1.19. The first kappa shape index (κ1) is 11.6. The van der Waals surface area contributed by atoms with Crippen molar-refractivity contribution in [3.8, 4) is 0 Å². The first-order valence-electron chi connectivity index (χ1n) is 4.08. The molecular formula is C9H12O3S2. The molecule has 0 radical (unpaired) electrons. The minimum atomic E-state index is -3.17. The summed E-state index contributed by atoms with van der Waals surface area (Å²) in [5, 5.41) is 8.65. The first-order chi connectivity index (χ1) is 6.55. The Labute approximate surface area is 88.1 Å². The van der Waals surface area contributed by atoms with E-state index in [0.717, 1.165) is 0 Å². The molecule has 78 valence electrons. The number of aliphatic hydroxyl groups is 1. The van der Waals surface area contributed by atoms with E-state index >= 15 is 0 Å². The minimum Gasteiger partial charge on any atom is -0.396 e. The maximum absolute atomic E-state index is 11.3. The third-order valence-electron chi connectivity index (χ3n) is 1.60. The first-order valence-corrected chi connectivity index (χ1v) is 6.96. The maximum atomic E-state index is 11.3. The molecule has 0 amide bonds. The zero-order chi connectivity index (χ0) is 10.6. The third-order valence-corrected chi connectivity index (χ3v) is 3.94. The van der Waals surface area contributed by atoms with Crippen LogP contribution in [0.3, 0.4) is 0 Å². The number of benzene rings is 1. The number of sulfone groups is 1. The van der Waals surface area contributed by atoms with Crippen molar-refractivity contribution in [2.75, 3.05) is 18.6 Å². The second kappa shape index (κ2) is 4.82. The smallest absolute Gasteiger partial charge is 0.176 e. The molecule has 1 aromatic rings. The van der Waals surface area contributed by atoms with Crippen molar-refractivity contribution in [1.82, 2.24) is 0 Å². The average Bonchev–Trinajstić information content (AvgIpc) is 2.14. The van der Waals surface area contributed by atoms with Gasteiger partial charge in [-0.15, -0.1) is 11.8 Å². The Morgan fingerprint density at radius 3 is 2.57 bits per heavy atom. The van der Waals surface area contributed by atoms with Crippen LogP contribution in [-0.4, -0.2) is 32.1 Å². The number of hydrogen-bond acceptors (Lipinski definition) is 4. The van der Waals surface area contributed by atoms with E-state index in [2.05, 4.69) is 0 Å². The number of hydrogen-bond donors (Lipinski definition) is 1. The molecule has 0 aliphatic carbocycles. The Balaban J connectivity index is 3.04. The second-order valence-electron chi connectivity index (χ2n) is 2.79. The monoisotopic (exact) mass is 232 g/mol. The predicted molar refractivity (Wildman–Crippen MR) is 57.4 cm³/mol. The van der Waals surface area contributed by atoms with E-state index in [1.54, 1.807) is 24.3 Å². The molecule has 5 heteroatoms. The van der Waals surface area contributed by atoms with Gasteiger partial charge >= 0.3 is 0 Å². The van der Waals surface area contributed by atoms with E-state index in [0.29, 0.717) is 15.5 Å². The topological polar surface area (TPSA) is 54.4 Å². The summed E-state index contributed by atoms with van der Waals surface area (Å²) in [4.78, 5) is 1.03. The van der Waals surface area contributed by atoms with E-state index in [4.69, 9.17) is 5.11 Å². The minimum absolute atomic E-state index is 0.0444. The zero-order valence-electron chi connectivity index (χ0n) is 7.80. The molecule has 0 heterocycles. The molecule has 0 aromatic heterocycles. The van der Waals surface area contributed by atoms with Gasteiger partial charge in [0.1, 0.15) is 0 Å². The molecule has 0 fully saturated rings. The van der Waals surface area contributed by atoms with Crippen LogP contribution in [0.5, 0.6) is 0 Å². The zero-order valence-corrected chi connectivity index (χ0v) is 9.44. The number of aliphatic hydroxyl groups excluding tert-OH is 1. The Bertz CT molecular complexity index is 398. The highest BCUT2D eigenvalue weighted by Gasteiger charge is 2.11. The van der Waals surface area contributed by atoms with Gasteiger partial charge in [-0.05, 0) is 12.1 Å². The van der Waals surface area contributed by atoms with Crippen LogP contribution in [0.4, 0.5) is 0 Å². The quantitative estimate of drug-likeness (QED) is 0.792. The van der Waals surface area contributed by atoms with Crippen LogP contribution in [0.15, 0.2) is 34.1 Å². The summed E-state index contributed by atoms with van der Waals surface area (Å²) < 4.78 is 22.7. The Kier molecular flexibility index (Phi) is 3.97. The molecule has 0 saturated heterocycles. The highest BCUT2D eigenvalue weighted by Crippen LogP contribution is 2.25. The lowest BCUT2D eigenvalue weighted by Crippen LogP contribution is -1.99. The van der Waals surface area contributed by atoms with Crippen LogP contribution < -0.4 is 0 Å². The fourth-order valence-electron chi connectivity index (χ4n) is 1.03. The molecule has 1 N–H and O–H groups in total. The van der Waals surface area contributed by atoms with Crippen molar-refractivity contribution in [2.24, 2.45) is 0 Å². The summed E-state index contributed by atoms with van der Waals surface area (Å²) in [5.41, 5.74) is 0. The van der Waals surface area contributed by atoms with Gasteiger partial charge in [0, 0.05) is 16.9 Å². The van der Waals surface area contributed by atoms with Gasteiger partial charge in [-0.1, -0.05) is 12.1 Å². The van der Waals surface area contributed by atoms with Crippen molar-refractivity contribution in [3.05, 3.63) is 24.3 Å². The van der Waals surface area contributed by atoms with Gasteiger partial charge in [0.05, 0.1) is 11.5 Å². The molecular weight excluding hydrogens is 220 g/mol. The highest BCUT2D eigenvalue weighted by molar-refractivity contribution is 8.00. The molecule has 3 nitrogen and oxygen atoms in total. The number of thioether (sulfide) groups is 1. The summed E-state index contributed by atoms with van der Waals surface area (Å²) >= 11 is 1.34. The van der Waals surface area contributed by atoms with E-state index in [1.807, 2.05) is 0 Å². The van der Waals surface area contributed by atoms with E-state index in [1.165, 1.54) is 18.0 Å². The van der Waals surface area contributed by atoms with E-state index in [9.17, 15) is 8.42 Å². The van der Waals surface area contributed by atoms with E-state index < -0.39 is 9.84 Å². The van der Waals surface area contributed by atoms with Crippen molar-refractivity contribution < 1.29 is 13.5 Å². The Hall–Kier alpha value is -0.520. The normalized spacial score (nSPS) is 11.6. The van der Waals surface area contributed by atoms with Gasteiger partial charge in [0.2, 0.25) is 0 Å². The molecule has 0 bridgehead atoms. The lowest BCUT2D eigenvalue weighted by molar-refractivity contribution is 0.322. The molecule has 0 spiro atoms. The summed E-state index contributed by atoms with van der Waals surface area (Å²) in [6.45, 7) is 0.0444.